The number of hydrogen-bond donors (Lipinski definition) is 2. The van der Waals surface area contributed by atoms with Gasteiger partial charge in [0.1, 0.15) is 5.82 Å². The van der Waals surface area contributed by atoms with Gasteiger partial charge in [-0.25, -0.2) is 0 Å². The highest BCUT2D eigenvalue weighted by Gasteiger charge is 2.24. The number of nitro benzene ring substituents is 1. The molecular formula is C13H16N4O2. The van der Waals surface area contributed by atoms with Crippen molar-refractivity contribution >= 4 is 17.2 Å². The van der Waals surface area contributed by atoms with Crippen LogP contribution in [0.1, 0.15) is 26.3 Å². The predicted octanol–water partition coefficient (Wildman–Crippen LogP) is 3.36. The minimum Gasteiger partial charge on any atom is -0.340 e. The molecular weight excluding hydrogens is 244 g/mol. The third-order valence-electron chi connectivity index (χ3n) is 2.78. The molecule has 2 N–H and O–H groups in total. The average Bonchev–Trinajstić information content (AvgIpc) is 2.80. The van der Waals surface area contributed by atoms with Crippen molar-refractivity contribution in [2.45, 2.75) is 26.2 Å². The molecule has 0 fully saturated rings. The van der Waals surface area contributed by atoms with Crippen LogP contribution < -0.4 is 5.32 Å². The summed E-state index contributed by atoms with van der Waals surface area (Å²) in [6.45, 7) is 5.87. The van der Waals surface area contributed by atoms with Crippen LogP contribution in [0.5, 0.6) is 0 Å². The zero-order valence-electron chi connectivity index (χ0n) is 11.1. The van der Waals surface area contributed by atoms with Gasteiger partial charge in [0.2, 0.25) is 0 Å². The van der Waals surface area contributed by atoms with Gasteiger partial charge in [0.05, 0.1) is 11.1 Å². The summed E-state index contributed by atoms with van der Waals surface area (Å²) < 4.78 is 0. The quantitative estimate of drug-likeness (QED) is 0.654. The molecule has 0 aliphatic heterocycles. The molecule has 0 saturated heterocycles. The summed E-state index contributed by atoms with van der Waals surface area (Å²) in [6.07, 6.45) is 1.61. The number of H-pyrrole nitrogens is 1. The second-order valence-corrected chi connectivity index (χ2v) is 5.33. The maximum atomic E-state index is 11.2. The summed E-state index contributed by atoms with van der Waals surface area (Å²) in [5.41, 5.74) is 1.23. The Hall–Kier alpha value is -2.37. The number of nitro groups is 1. The highest BCUT2D eigenvalue weighted by Crippen LogP contribution is 2.33. The zero-order chi connectivity index (χ0) is 14.0. The van der Waals surface area contributed by atoms with Crippen molar-refractivity contribution in [3.63, 3.8) is 0 Å². The van der Waals surface area contributed by atoms with E-state index in [9.17, 15) is 10.1 Å². The Balaban J connectivity index is 2.39. The maximum absolute atomic E-state index is 11.2. The van der Waals surface area contributed by atoms with Gasteiger partial charge in [-0.15, -0.1) is 0 Å². The monoisotopic (exact) mass is 260 g/mol. The van der Waals surface area contributed by atoms with Gasteiger partial charge in [-0.05, 0) is 17.5 Å². The van der Waals surface area contributed by atoms with Crippen molar-refractivity contribution in [1.29, 1.82) is 0 Å². The van der Waals surface area contributed by atoms with E-state index in [-0.39, 0.29) is 16.0 Å². The van der Waals surface area contributed by atoms with Crippen LogP contribution >= 0.6 is 0 Å². The van der Waals surface area contributed by atoms with Crippen molar-refractivity contribution < 1.29 is 4.92 Å². The minimum absolute atomic E-state index is 0.122. The second kappa shape index (κ2) is 4.72. The molecule has 0 aliphatic rings. The molecule has 0 aliphatic carbocycles. The Morgan fingerprint density at radius 1 is 1.32 bits per heavy atom. The van der Waals surface area contributed by atoms with Crippen molar-refractivity contribution in [2.75, 3.05) is 5.32 Å². The molecule has 19 heavy (non-hydrogen) atoms. The number of nitrogens with zero attached hydrogens (tertiary/aromatic N) is 2. The van der Waals surface area contributed by atoms with Crippen LogP contribution in [-0.2, 0) is 5.41 Å². The summed E-state index contributed by atoms with van der Waals surface area (Å²) in [5, 5.41) is 20.8. The summed E-state index contributed by atoms with van der Waals surface area (Å²) in [4.78, 5) is 10.8. The SMILES string of the molecule is CC(C)(C)c1ccc(Nc2ccn[nH]2)cc1[N+](=O)[O-]. The number of aromatic nitrogens is 2. The van der Waals surface area contributed by atoms with E-state index in [1.807, 2.05) is 26.8 Å². The molecule has 1 aromatic carbocycles. The molecule has 6 heteroatoms. The van der Waals surface area contributed by atoms with Gasteiger partial charge >= 0.3 is 0 Å². The zero-order valence-corrected chi connectivity index (χ0v) is 11.1. The molecule has 100 valence electrons. The molecule has 0 saturated carbocycles. The molecule has 6 nitrogen and oxygen atoms in total. The molecule has 0 radical (unpaired) electrons. The molecule has 0 bridgehead atoms. The molecule has 0 atom stereocenters. The topological polar surface area (TPSA) is 83.8 Å². The highest BCUT2D eigenvalue weighted by atomic mass is 16.6. The smallest absolute Gasteiger partial charge is 0.275 e. The van der Waals surface area contributed by atoms with E-state index in [0.29, 0.717) is 17.1 Å². The van der Waals surface area contributed by atoms with E-state index >= 15 is 0 Å². The predicted molar refractivity (Wildman–Crippen MR) is 73.7 cm³/mol. The van der Waals surface area contributed by atoms with E-state index in [1.54, 1.807) is 24.4 Å². The molecule has 0 spiro atoms. The maximum Gasteiger partial charge on any atom is 0.275 e. The van der Waals surface area contributed by atoms with E-state index in [2.05, 4.69) is 15.5 Å². The van der Waals surface area contributed by atoms with Gasteiger partial charge in [-0.2, -0.15) is 5.10 Å². The van der Waals surface area contributed by atoms with Crippen LogP contribution in [0, 0.1) is 10.1 Å². The van der Waals surface area contributed by atoms with Gasteiger partial charge in [-0.1, -0.05) is 20.8 Å². The van der Waals surface area contributed by atoms with Crippen LogP contribution in [0.2, 0.25) is 0 Å². The number of aromatic amines is 1. The third kappa shape index (κ3) is 2.90. The van der Waals surface area contributed by atoms with Crippen LogP contribution in [0.15, 0.2) is 30.5 Å². The van der Waals surface area contributed by atoms with Crippen LogP contribution in [0.25, 0.3) is 0 Å². The molecule has 0 amide bonds. The van der Waals surface area contributed by atoms with Gasteiger partial charge in [0.15, 0.2) is 0 Å². The average molecular weight is 260 g/mol. The Morgan fingerprint density at radius 3 is 2.58 bits per heavy atom. The third-order valence-corrected chi connectivity index (χ3v) is 2.78. The summed E-state index contributed by atoms with van der Waals surface area (Å²) in [5.74, 6) is 0.692. The van der Waals surface area contributed by atoms with Crippen LogP contribution in [-0.4, -0.2) is 15.1 Å². The van der Waals surface area contributed by atoms with Crippen molar-refractivity contribution in [2.24, 2.45) is 0 Å². The van der Waals surface area contributed by atoms with Crippen LogP contribution in [0.3, 0.4) is 0 Å². The fraction of sp³-hybridized carbons (Fsp3) is 0.308. The first-order valence-electron chi connectivity index (χ1n) is 5.93. The van der Waals surface area contributed by atoms with E-state index in [1.165, 1.54) is 0 Å². The van der Waals surface area contributed by atoms with Crippen molar-refractivity contribution in [3.8, 4) is 0 Å². The van der Waals surface area contributed by atoms with E-state index in [4.69, 9.17) is 0 Å². The lowest BCUT2D eigenvalue weighted by Gasteiger charge is -2.19. The first-order chi connectivity index (χ1) is 8.88. The molecule has 1 heterocycles. The normalized spacial score (nSPS) is 11.3. The lowest BCUT2D eigenvalue weighted by molar-refractivity contribution is -0.385. The molecule has 1 aromatic heterocycles. The van der Waals surface area contributed by atoms with Crippen LogP contribution in [0.4, 0.5) is 17.2 Å². The highest BCUT2D eigenvalue weighted by molar-refractivity contribution is 5.62. The first kappa shape index (κ1) is 13.1. The lowest BCUT2D eigenvalue weighted by atomic mass is 9.85. The first-order valence-corrected chi connectivity index (χ1v) is 5.93. The Bertz CT molecular complexity index is 585. The fourth-order valence-corrected chi connectivity index (χ4v) is 1.88. The molecule has 2 aromatic rings. The molecule has 2 rings (SSSR count). The summed E-state index contributed by atoms with van der Waals surface area (Å²) >= 11 is 0. The summed E-state index contributed by atoms with van der Waals surface area (Å²) in [6, 6.07) is 6.91. The second-order valence-electron chi connectivity index (χ2n) is 5.33. The number of nitrogens with one attached hydrogen (secondary N) is 2. The largest absolute Gasteiger partial charge is 0.340 e. The van der Waals surface area contributed by atoms with E-state index < -0.39 is 0 Å². The van der Waals surface area contributed by atoms with Gasteiger partial charge < -0.3 is 5.32 Å². The number of hydrogen-bond acceptors (Lipinski definition) is 4. The number of benzene rings is 1. The fourth-order valence-electron chi connectivity index (χ4n) is 1.88. The Morgan fingerprint density at radius 2 is 2.05 bits per heavy atom. The number of anilines is 2. The Labute approximate surface area is 111 Å². The Kier molecular flexibility index (Phi) is 3.25. The summed E-state index contributed by atoms with van der Waals surface area (Å²) in [7, 11) is 0. The van der Waals surface area contributed by atoms with Gasteiger partial charge in [0, 0.05) is 23.4 Å². The number of rotatable bonds is 3. The van der Waals surface area contributed by atoms with Gasteiger partial charge in [0.25, 0.3) is 5.69 Å². The van der Waals surface area contributed by atoms with Crippen molar-refractivity contribution in [3.05, 3.63) is 46.1 Å². The molecule has 0 unspecified atom stereocenters. The lowest BCUT2D eigenvalue weighted by Crippen LogP contribution is -2.13. The minimum atomic E-state index is -0.348. The standard InChI is InChI=1S/C13H16N4O2/c1-13(2,3)10-5-4-9(8-11(10)17(18)19)15-12-6-7-14-16-12/h4-8H,1-3H3,(H2,14,15,16). The van der Waals surface area contributed by atoms with E-state index in [0.717, 1.165) is 0 Å². The van der Waals surface area contributed by atoms with Gasteiger partial charge in [-0.3, -0.25) is 15.2 Å². The van der Waals surface area contributed by atoms with Crippen molar-refractivity contribution in [1.82, 2.24) is 10.2 Å².